The zero-order chi connectivity index (χ0) is 22.8. The van der Waals surface area contributed by atoms with E-state index in [1.807, 2.05) is 30.3 Å². The van der Waals surface area contributed by atoms with Crippen LogP contribution in [0.3, 0.4) is 0 Å². The van der Waals surface area contributed by atoms with Crippen LogP contribution in [0.15, 0.2) is 84.1 Å². The molecule has 7 heteroatoms. The van der Waals surface area contributed by atoms with Gasteiger partial charge in [-0.3, -0.25) is 14.5 Å². The Hall–Kier alpha value is -3.15. The molecule has 4 rings (SSSR count). The van der Waals surface area contributed by atoms with Gasteiger partial charge in [0.25, 0.3) is 5.91 Å². The highest BCUT2D eigenvalue weighted by Gasteiger charge is 2.44. The largest absolute Gasteiger partial charge is 0.503 e. The summed E-state index contributed by atoms with van der Waals surface area (Å²) in [6.45, 7) is 0. The van der Waals surface area contributed by atoms with Crippen molar-refractivity contribution >= 4 is 40.6 Å². The number of hydrogen-bond donors (Lipinski definition) is 1. The van der Waals surface area contributed by atoms with Crippen molar-refractivity contribution in [3.05, 3.63) is 111 Å². The number of aryl methyl sites for hydroxylation is 1. The minimum Gasteiger partial charge on any atom is -0.503 e. The van der Waals surface area contributed by atoms with E-state index in [-0.39, 0.29) is 22.8 Å². The van der Waals surface area contributed by atoms with Crippen molar-refractivity contribution in [3.63, 3.8) is 0 Å². The molecule has 1 unspecified atom stereocenters. The summed E-state index contributed by atoms with van der Waals surface area (Å²) in [6.07, 6.45) is 0.553. The summed E-state index contributed by atoms with van der Waals surface area (Å²) >= 11 is 12.2. The maximum atomic E-state index is 13.6. The fourth-order valence-corrected chi connectivity index (χ4v) is 4.08. The summed E-state index contributed by atoms with van der Waals surface area (Å²) in [5.74, 6) is -2.18. The molecular formula is C25H18Cl2FNO3. The van der Waals surface area contributed by atoms with Gasteiger partial charge in [-0.1, -0.05) is 65.7 Å². The summed E-state index contributed by atoms with van der Waals surface area (Å²) in [5, 5.41) is 11.2. The Kier molecular flexibility index (Phi) is 6.31. The van der Waals surface area contributed by atoms with Crippen molar-refractivity contribution in [1.29, 1.82) is 0 Å². The third-order valence-corrected chi connectivity index (χ3v) is 6.10. The van der Waals surface area contributed by atoms with Gasteiger partial charge in [0, 0.05) is 12.1 Å². The molecule has 3 aromatic carbocycles. The van der Waals surface area contributed by atoms with E-state index < -0.39 is 23.5 Å². The quantitative estimate of drug-likeness (QED) is 0.465. The number of aliphatic hydroxyl groups excluding tert-OH is 1. The molecule has 1 atom stereocenters. The number of carbonyl (C=O) groups excluding carboxylic acids is 2. The zero-order valence-corrected chi connectivity index (χ0v) is 18.3. The van der Waals surface area contributed by atoms with Gasteiger partial charge in [0.15, 0.2) is 11.5 Å². The topological polar surface area (TPSA) is 57.6 Å². The molecule has 0 aliphatic carbocycles. The highest BCUT2D eigenvalue weighted by atomic mass is 35.5. The average molecular weight is 470 g/mol. The van der Waals surface area contributed by atoms with Crippen molar-refractivity contribution in [2.24, 2.45) is 0 Å². The number of aliphatic hydroxyl groups is 1. The summed E-state index contributed by atoms with van der Waals surface area (Å²) in [6, 6.07) is 18.6. The predicted octanol–water partition coefficient (Wildman–Crippen LogP) is 6.23. The minimum absolute atomic E-state index is 0.0244. The van der Waals surface area contributed by atoms with E-state index in [0.717, 1.165) is 5.56 Å². The molecule has 1 aliphatic heterocycles. The van der Waals surface area contributed by atoms with Crippen LogP contribution in [-0.2, 0) is 16.0 Å². The Balaban J connectivity index is 1.74. The standard InChI is InChI=1S/C25H18Cl2FNO3/c26-19-12-11-18(14-20(19)27)29-23(16-7-9-17(28)10-8-16)22(24(31)25(29)32)21(30)13-6-15-4-2-1-3-5-15/h1-5,7-12,14,23,31H,6,13H2. The van der Waals surface area contributed by atoms with E-state index in [2.05, 4.69) is 0 Å². The van der Waals surface area contributed by atoms with Gasteiger partial charge in [-0.25, -0.2) is 4.39 Å². The molecule has 0 spiro atoms. The molecule has 1 heterocycles. The van der Waals surface area contributed by atoms with Crippen LogP contribution in [0.4, 0.5) is 10.1 Å². The number of Topliss-reactive ketones (excluding diaryl/α,β-unsaturated/α-hetero) is 1. The first-order valence-electron chi connectivity index (χ1n) is 9.91. The molecular weight excluding hydrogens is 452 g/mol. The molecule has 0 fully saturated rings. The first kappa shape index (κ1) is 22.1. The van der Waals surface area contributed by atoms with E-state index in [0.29, 0.717) is 22.7 Å². The molecule has 1 amide bonds. The van der Waals surface area contributed by atoms with Gasteiger partial charge in [-0.15, -0.1) is 0 Å². The maximum absolute atomic E-state index is 13.6. The van der Waals surface area contributed by atoms with Gasteiger partial charge in [-0.05, 0) is 47.9 Å². The Morgan fingerprint density at radius 3 is 2.31 bits per heavy atom. The van der Waals surface area contributed by atoms with Crippen LogP contribution in [0, 0.1) is 5.82 Å². The molecule has 32 heavy (non-hydrogen) atoms. The third kappa shape index (κ3) is 4.27. The molecule has 0 saturated heterocycles. The lowest BCUT2D eigenvalue weighted by molar-refractivity contribution is -0.118. The van der Waals surface area contributed by atoms with E-state index >= 15 is 0 Å². The number of amides is 1. The van der Waals surface area contributed by atoms with Crippen molar-refractivity contribution in [2.45, 2.75) is 18.9 Å². The molecule has 0 bridgehead atoms. The smallest absolute Gasteiger partial charge is 0.294 e. The molecule has 0 radical (unpaired) electrons. The number of hydrogen-bond acceptors (Lipinski definition) is 3. The Morgan fingerprint density at radius 2 is 1.66 bits per heavy atom. The van der Waals surface area contributed by atoms with Crippen LogP contribution < -0.4 is 4.90 Å². The Labute approximate surface area is 194 Å². The Morgan fingerprint density at radius 1 is 0.969 bits per heavy atom. The average Bonchev–Trinajstić information content (AvgIpc) is 3.06. The van der Waals surface area contributed by atoms with Crippen LogP contribution in [0.2, 0.25) is 10.0 Å². The molecule has 1 aliphatic rings. The Bertz CT molecular complexity index is 1210. The maximum Gasteiger partial charge on any atom is 0.294 e. The van der Waals surface area contributed by atoms with E-state index in [9.17, 15) is 19.1 Å². The third-order valence-electron chi connectivity index (χ3n) is 5.36. The molecule has 1 N–H and O–H groups in total. The number of anilines is 1. The zero-order valence-electron chi connectivity index (χ0n) is 16.8. The van der Waals surface area contributed by atoms with Crippen molar-refractivity contribution in [1.82, 2.24) is 0 Å². The normalized spacial score (nSPS) is 16.0. The van der Waals surface area contributed by atoms with Crippen LogP contribution >= 0.6 is 23.2 Å². The van der Waals surface area contributed by atoms with Crippen molar-refractivity contribution in [3.8, 4) is 0 Å². The highest BCUT2D eigenvalue weighted by molar-refractivity contribution is 6.42. The van der Waals surface area contributed by atoms with Gasteiger partial charge >= 0.3 is 0 Å². The molecule has 4 nitrogen and oxygen atoms in total. The summed E-state index contributed by atoms with van der Waals surface area (Å²) in [4.78, 5) is 27.5. The molecule has 0 aromatic heterocycles. The number of halogens is 3. The fourth-order valence-electron chi connectivity index (χ4n) is 3.79. The first-order valence-corrected chi connectivity index (χ1v) is 10.7. The molecule has 162 valence electrons. The summed E-state index contributed by atoms with van der Waals surface area (Å²) in [7, 11) is 0. The highest BCUT2D eigenvalue weighted by Crippen LogP contribution is 2.42. The minimum atomic E-state index is -0.927. The van der Waals surface area contributed by atoms with Gasteiger partial charge in [0.05, 0.1) is 21.7 Å². The fraction of sp³-hybridized carbons (Fsp3) is 0.120. The number of benzene rings is 3. The monoisotopic (exact) mass is 469 g/mol. The SMILES string of the molecule is O=C(CCc1ccccc1)C1=C(O)C(=O)N(c2ccc(Cl)c(Cl)c2)C1c1ccc(F)cc1. The van der Waals surface area contributed by atoms with Crippen molar-refractivity contribution in [2.75, 3.05) is 4.90 Å². The predicted molar refractivity (Wildman–Crippen MR) is 123 cm³/mol. The van der Waals surface area contributed by atoms with Crippen LogP contribution in [0.5, 0.6) is 0 Å². The van der Waals surface area contributed by atoms with Crippen molar-refractivity contribution < 1.29 is 19.1 Å². The number of carbonyl (C=O) groups is 2. The molecule has 0 saturated carbocycles. The lowest BCUT2D eigenvalue weighted by atomic mass is 9.93. The van der Waals surface area contributed by atoms with Crippen LogP contribution in [-0.4, -0.2) is 16.8 Å². The summed E-state index contributed by atoms with van der Waals surface area (Å²) in [5.41, 5.74) is 1.78. The lowest BCUT2D eigenvalue weighted by Crippen LogP contribution is -2.31. The van der Waals surface area contributed by atoms with E-state index in [1.165, 1.54) is 41.3 Å². The van der Waals surface area contributed by atoms with E-state index in [4.69, 9.17) is 23.2 Å². The second kappa shape index (κ2) is 9.15. The van der Waals surface area contributed by atoms with Gasteiger partial charge < -0.3 is 5.11 Å². The number of rotatable bonds is 6. The van der Waals surface area contributed by atoms with Gasteiger partial charge in [-0.2, -0.15) is 0 Å². The number of nitrogens with zero attached hydrogens (tertiary/aromatic N) is 1. The molecule has 3 aromatic rings. The van der Waals surface area contributed by atoms with Crippen LogP contribution in [0.1, 0.15) is 23.6 Å². The van der Waals surface area contributed by atoms with Crippen LogP contribution in [0.25, 0.3) is 0 Å². The first-order chi connectivity index (χ1) is 15.4. The number of ketones is 1. The second-order valence-electron chi connectivity index (χ2n) is 7.40. The second-order valence-corrected chi connectivity index (χ2v) is 8.21. The lowest BCUT2D eigenvalue weighted by Gasteiger charge is -2.27. The van der Waals surface area contributed by atoms with Gasteiger partial charge in [0.1, 0.15) is 5.82 Å². The summed E-state index contributed by atoms with van der Waals surface area (Å²) < 4.78 is 13.6. The van der Waals surface area contributed by atoms with Gasteiger partial charge in [0.2, 0.25) is 0 Å². The van der Waals surface area contributed by atoms with E-state index in [1.54, 1.807) is 6.07 Å².